The number of carbonyl (C=O) groups is 1. The molecule has 1 atom stereocenters. The Hall–Kier alpha value is -4.06. The molecule has 1 heterocycles. The summed E-state index contributed by atoms with van der Waals surface area (Å²) in [6.45, 7) is 2.41. The molecule has 1 aliphatic carbocycles. The van der Waals surface area contributed by atoms with Gasteiger partial charge >= 0.3 is 5.97 Å². The largest absolute Gasteiger partial charge is 0.493 e. The normalized spacial score (nSPS) is 14.6. The number of aromatic nitrogens is 1. The van der Waals surface area contributed by atoms with Gasteiger partial charge < -0.3 is 20.0 Å². The molecule has 6 nitrogen and oxygen atoms in total. The van der Waals surface area contributed by atoms with Gasteiger partial charge in [-0.05, 0) is 84.3 Å². The highest BCUT2D eigenvalue weighted by atomic mass is 16.5. The number of fused-ring (bicyclic) bond motifs is 1. The Bertz CT molecular complexity index is 1360. The molecule has 0 saturated heterocycles. The van der Waals surface area contributed by atoms with E-state index in [-0.39, 0.29) is 12.3 Å². The van der Waals surface area contributed by atoms with Crippen LogP contribution in [0.5, 0.6) is 5.75 Å². The van der Waals surface area contributed by atoms with E-state index in [1.807, 2.05) is 61.5 Å². The number of hydrogen-bond acceptors (Lipinski definition) is 5. The number of carboxylic acids is 1. The summed E-state index contributed by atoms with van der Waals surface area (Å²) >= 11 is 0. The van der Waals surface area contributed by atoms with Crippen LogP contribution in [0.1, 0.15) is 41.3 Å². The van der Waals surface area contributed by atoms with Gasteiger partial charge in [-0.2, -0.15) is 0 Å². The van der Waals surface area contributed by atoms with Gasteiger partial charge in [0.25, 0.3) is 0 Å². The van der Waals surface area contributed by atoms with Crippen LogP contribution in [0.25, 0.3) is 22.6 Å². The quantitative estimate of drug-likeness (QED) is 0.307. The molecule has 1 aliphatic rings. The molecule has 35 heavy (non-hydrogen) atoms. The summed E-state index contributed by atoms with van der Waals surface area (Å²) in [6.07, 6.45) is 2.59. The molecule has 0 unspecified atom stereocenters. The predicted molar refractivity (Wildman–Crippen MR) is 135 cm³/mol. The zero-order valence-electron chi connectivity index (χ0n) is 19.7. The molecule has 5 rings (SSSR count). The van der Waals surface area contributed by atoms with Crippen LogP contribution >= 0.6 is 0 Å². The summed E-state index contributed by atoms with van der Waals surface area (Å²) in [4.78, 5) is 15.8. The summed E-state index contributed by atoms with van der Waals surface area (Å²) in [6, 6.07) is 21.9. The molecule has 178 valence electrons. The SMILES string of the molecule is Cc1oc(-c2cccc(-c3ccc(N)cc3)c2)nc1CCOc1ccc2c(c1)CC[C@H]2CC(=O)O. The molecule has 6 heteroatoms. The highest BCUT2D eigenvalue weighted by Crippen LogP contribution is 2.37. The van der Waals surface area contributed by atoms with Crippen molar-refractivity contribution in [1.82, 2.24) is 4.98 Å². The van der Waals surface area contributed by atoms with Crippen molar-refractivity contribution in [1.29, 1.82) is 0 Å². The van der Waals surface area contributed by atoms with Crippen LogP contribution < -0.4 is 10.5 Å². The highest BCUT2D eigenvalue weighted by Gasteiger charge is 2.25. The van der Waals surface area contributed by atoms with Gasteiger partial charge in [-0.1, -0.05) is 30.3 Å². The third-order valence-electron chi connectivity index (χ3n) is 6.59. The van der Waals surface area contributed by atoms with Crippen LogP contribution in [-0.2, 0) is 17.6 Å². The van der Waals surface area contributed by atoms with Crippen LogP contribution in [-0.4, -0.2) is 22.7 Å². The maximum absolute atomic E-state index is 11.1. The summed E-state index contributed by atoms with van der Waals surface area (Å²) < 4.78 is 12.0. The van der Waals surface area contributed by atoms with E-state index in [9.17, 15) is 4.79 Å². The number of ether oxygens (including phenoxy) is 1. The number of oxazole rings is 1. The first-order valence-electron chi connectivity index (χ1n) is 11.9. The van der Waals surface area contributed by atoms with Gasteiger partial charge in [0.05, 0.1) is 18.7 Å². The van der Waals surface area contributed by atoms with Crippen molar-refractivity contribution in [3.05, 3.63) is 89.3 Å². The standard InChI is InChI=1S/C29H28N2O4/c1-18-27(13-14-34-25-11-12-26-21(16-25)5-6-22(26)17-28(32)33)31-29(35-18)23-4-2-3-20(15-23)19-7-9-24(30)10-8-19/h2-4,7-12,15-16,22H,5-6,13-14,17,30H2,1H3,(H,32,33)/t22-/m0/s1. The molecule has 0 radical (unpaired) electrons. The second kappa shape index (κ2) is 9.66. The zero-order valence-corrected chi connectivity index (χ0v) is 19.7. The van der Waals surface area contributed by atoms with Crippen LogP contribution in [0.4, 0.5) is 5.69 Å². The van der Waals surface area contributed by atoms with Crippen molar-refractivity contribution >= 4 is 11.7 Å². The minimum absolute atomic E-state index is 0.103. The summed E-state index contributed by atoms with van der Waals surface area (Å²) in [5, 5.41) is 9.11. The van der Waals surface area contributed by atoms with E-state index in [4.69, 9.17) is 25.0 Å². The Kier molecular flexibility index (Phi) is 6.27. The second-order valence-corrected chi connectivity index (χ2v) is 9.02. The fourth-order valence-corrected chi connectivity index (χ4v) is 4.75. The minimum atomic E-state index is -0.748. The third-order valence-corrected chi connectivity index (χ3v) is 6.59. The Labute approximate surface area is 204 Å². The molecule has 4 aromatic rings. The van der Waals surface area contributed by atoms with Crippen LogP contribution in [0.15, 0.2) is 71.1 Å². The monoisotopic (exact) mass is 468 g/mol. The Balaban J connectivity index is 1.24. The van der Waals surface area contributed by atoms with Crippen LogP contribution in [0, 0.1) is 6.92 Å². The van der Waals surface area contributed by atoms with Gasteiger partial charge in [0.15, 0.2) is 0 Å². The first-order valence-corrected chi connectivity index (χ1v) is 11.9. The Morgan fingerprint density at radius 3 is 2.69 bits per heavy atom. The molecule has 0 amide bonds. The van der Waals surface area contributed by atoms with Crippen molar-refractivity contribution in [3.63, 3.8) is 0 Å². The molecule has 1 aromatic heterocycles. The van der Waals surface area contributed by atoms with Gasteiger partial charge in [0, 0.05) is 17.7 Å². The van der Waals surface area contributed by atoms with Crippen molar-refractivity contribution in [2.24, 2.45) is 0 Å². The van der Waals surface area contributed by atoms with Crippen molar-refractivity contribution in [3.8, 4) is 28.3 Å². The molecule has 3 N–H and O–H groups in total. The summed E-state index contributed by atoms with van der Waals surface area (Å²) in [5.41, 5.74) is 12.8. The number of carboxylic acid groups (broad SMARTS) is 1. The van der Waals surface area contributed by atoms with E-state index in [0.29, 0.717) is 18.9 Å². The van der Waals surface area contributed by atoms with E-state index in [2.05, 4.69) is 12.1 Å². The molecule has 0 spiro atoms. The second-order valence-electron chi connectivity index (χ2n) is 9.02. The van der Waals surface area contributed by atoms with Crippen molar-refractivity contribution in [2.75, 3.05) is 12.3 Å². The third kappa shape index (κ3) is 5.06. The summed E-state index contributed by atoms with van der Waals surface area (Å²) in [7, 11) is 0. The lowest BCUT2D eigenvalue weighted by atomic mass is 9.98. The molecule has 0 bridgehead atoms. The Morgan fingerprint density at radius 2 is 1.89 bits per heavy atom. The smallest absolute Gasteiger partial charge is 0.303 e. The maximum Gasteiger partial charge on any atom is 0.303 e. The lowest BCUT2D eigenvalue weighted by molar-refractivity contribution is -0.137. The number of nitrogens with zero attached hydrogens (tertiary/aromatic N) is 1. The number of benzene rings is 3. The molecule has 3 aromatic carbocycles. The fraction of sp³-hybridized carbons (Fsp3) is 0.241. The van der Waals surface area contributed by atoms with Gasteiger partial charge in [-0.15, -0.1) is 0 Å². The molecule has 0 saturated carbocycles. The summed E-state index contributed by atoms with van der Waals surface area (Å²) in [5.74, 6) is 1.54. The number of anilines is 1. The lowest BCUT2D eigenvalue weighted by Gasteiger charge is -2.10. The fourth-order valence-electron chi connectivity index (χ4n) is 4.75. The number of rotatable bonds is 8. The molecule has 0 aliphatic heterocycles. The van der Waals surface area contributed by atoms with Crippen molar-refractivity contribution < 1.29 is 19.1 Å². The lowest BCUT2D eigenvalue weighted by Crippen LogP contribution is -2.04. The number of hydrogen-bond donors (Lipinski definition) is 2. The molecule has 0 fully saturated rings. The average Bonchev–Trinajstić information content (AvgIpc) is 3.42. The van der Waals surface area contributed by atoms with E-state index in [0.717, 1.165) is 58.0 Å². The zero-order chi connectivity index (χ0) is 24.4. The van der Waals surface area contributed by atoms with Gasteiger partial charge in [-0.3, -0.25) is 4.79 Å². The first-order chi connectivity index (χ1) is 17.0. The van der Waals surface area contributed by atoms with Crippen LogP contribution in [0.2, 0.25) is 0 Å². The van der Waals surface area contributed by atoms with Crippen LogP contribution in [0.3, 0.4) is 0 Å². The first kappa shape index (κ1) is 22.7. The number of aryl methyl sites for hydroxylation is 2. The highest BCUT2D eigenvalue weighted by molar-refractivity contribution is 5.71. The van der Waals surface area contributed by atoms with E-state index >= 15 is 0 Å². The number of nitrogen functional groups attached to an aromatic ring is 1. The Morgan fingerprint density at radius 1 is 1.09 bits per heavy atom. The van der Waals surface area contributed by atoms with E-state index in [1.54, 1.807) is 0 Å². The predicted octanol–water partition coefficient (Wildman–Crippen LogP) is 6.03. The van der Waals surface area contributed by atoms with Crippen molar-refractivity contribution in [2.45, 2.75) is 38.5 Å². The average molecular weight is 469 g/mol. The van der Waals surface area contributed by atoms with E-state index in [1.165, 1.54) is 5.56 Å². The number of nitrogens with two attached hydrogens (primary N) is 1. The maximum atomic E-state index is 11.1. The van der Waals surface area contributed by atoms with Gasteiger partial charge in [-0.25, -0.2) is 4.98 Å². The van der Waals surface area contributed by atoms with E-state index < -0.39 is 5.97 Å². The van der Waals surface area contributed by atoms with Gasteiger partial charge in [0.1, 0.15) is 11.5 Å². The van der Waals surface area contributed by atoms with Gasteiger partial charge in [0.2, 0.25) is 5.89 Å². The minimum Gasteiger partial charge on any atom is -0.493 e. The molecular formula is C29H28N2O4. The topological polar surface area (TPSA) is 98.6 Å². The molecular weight excluding hydrogens is 440 g/mol. The number of aliphatic carboxylic acids is 1.